The number of aromatic nitrogens is 3. The van der Waals surface area contributed by atoms with Crippen LogP contribution in [-0.2, 0) is 11.3 Å². The molecule has 0 spiro atoms. The number of unbranched alkanes of at least 4 members (excludes halogenated alkanes) is 5. The summed E-state index contributed by atoms with van der Waals surface area (Å²) in [5, 5.41) is 20.4. The second kappa shape index (κ2) is 16.6. The Balaban J connectivity index is 1.61. The molecule has 13 heteroatoms. The van der Waals surface area contributed by atoms with Gasteiger partial charge in [0.1, 0.15) is 0 Å². The summed E-state index contributed by atoms with van der Waals surface area (Å²) in [5.74, 6) is -3.44. The Labute approximate surface area is 277 Å². The zero-order valence-electron chi connectivity index (χ0n) is 26.8. The van der Waals surface area contributed by atoms with Gasteiger partial charge in [0.2, 0.25) is 11.5 Å². The van der Waals surface area contributed by atoms with Gasteiger partial charge in [-0.1, -0.05) is 86.1 Å². The van der Waals surface area contributed by atoms with Gasteiger partial charge in [0, 0.05) is 17.7 Å². The number of carbonyl (C=O) groups is 3. The number of nitrogens with zero attached hydrogens (tertiary/aromatic N) is 3. The highest BCUT2D eigenvalue weighted by molar-refractivity contribution is 6.34. The number of ether oxygens (including phenoxy) is 1. The first-order chi connectivity index (χ1) is 22.7. The molecule has 0 saturated heterocycles. The van der Waals surface area contributed by atoms with Gasteiger partial charge in [-0.25, -0.2) is 9.36 Å². The molecule has 1 atom stereocenters. The van der Waals surface area contributed by atoms with E-state index in [4.69, 9.17) is 20.9 Å². The Morgan fingerprint density at radius 2 is 1.77 bits per heavy atom. The van der Waals surface area contributed by atoms with Crippen LogP contribution in [0.5, 0.6) is 11.8 Å². The van der Waals surface area contributed by atoms with Crippen molar-refractivity contribution in [3.8, 4) is 11.8 Å². The van der Waals surface area contributed by atoms with Crippen LogP contribution in [0.15, 0.2) is 64.0 Å². The Kier molecular flexibility index (Phi) is 12.4. The third kappa shape index (κ3) is 8.50. The van der Waals surface area contributed by atoms with Gasteiger partial charge in [0.25, 0.3) is 23.6 Å². The SMILES string of the molecule is CCCCCCCCNC(=O)c1ccc(NC(=O)C(C(=O)c2oncc2C)n2c(O)c(OCC)n(Cc3ccccc3)c2=O)c(Cl)c1. The molecule has 0 aliphatic rings. The summed E-state index contributed by atoms with van der Waals surface area (Å²) in [6.45, 7) is 6.00. The maximum atomic E-state index is 13.9. The van der Waals surface area contributed by atoms with Crippen LogP contribution in [0.4, 0.5) is 5.69 Å². The molecule has 47 heavy (non-hydrogen) atoms. The number of anilines is 1. The van der Waals surface area contributed by atoms with Crippen molar-refractivity contribution < 1.29 is 28.8 Å². The summed E-state index contributed by atoms with van der Waals surface area (Å²) in [4.78, 5) is 54.3. The molecule has 4 aromatic rings. The minimum Gasteiger partial charge on any atom is -0.491 e. The fourth-order valence-corrected chi connectivity index (χ4v) is 5.35. The molecule has 2 aromatic carbocycles. The lowest BCUT2D eigenvalue weighted by Gasteiger charge is -2.17. The molecule has 0 aliphatic carbocycles. The van der Waals surface area contributed by atoms with E-state index in [1.807, 2.05) is 6.07 Å². The number of hydrogen-bond donors (Lipinski definition) is 3. The third-order valence-corrected chi connectivity index (χ3v) is 7.91. The summed E-state index contributed by atoms with van der Waals surface area (Å²) in [7, 11) is 0. The number of ketones is 1. The highest BCUT2D eigenvalue weighted by atomic mass is 35.5. The van der Waals surface area contributed by atoms with Crippen LogP contribution in [0.2, 0.25) is 5.02 Å². The number of rotatable bonds is 17. The Morgan fingerprint density at radius 1 is 1.04 bits per heavy atom. The van der Waals surface area contributed by atoms with Crippen LogP contribution in [0.25, 0.3) is 0 Å². The third-order valence-electron chi connectivity index (χ3n) is 7.60. The number of amides is 2. The van der Waals surface area contributed by atoms with Crippen LogP contribution < -0.4 is 21.1 Å². The fourth-order valence-electron chi connectivity index (χ4n) is 5.12. The summed E-state index contributed by atoms with van der Waals surface area (Å²) < 4.78 is 12.5. The molecule has 12 nitrogen and oxygen atoms in total. The van der Waals surface area contributed by atoms with E-state index in [2.05, 4.69) is 22.7 Å². The van der Waals surface area contributed by atoms with E-state index in [9.17, 15) is 24.3 Å². The van der Waals surface area contributed by atoms with Gasteiger partial charge >= 0.3 is 5.69 Å². The first-order valence-corrected chi connectivity index (χ1v) is 16.1. The van der Waals surface area contributed by atoms with Crippen molar-refractivity contribution in [1.29, 1.82) is 0 Å². The molecule has 0 bridgehead atoms. The monoisotopic (exact) mass is 665 g/mol. The highest BCUT2D eigenvalue weighted by Crippen LogP contribution is 2.32. The average molecular weight is 666 g/mol. The van der Waals surface area contributed by atoms with E-state index in [1.165, 1.54) is 43.7 Å². The number of aryl methyl sites for hydroxylation is 1. The zero-order chi connectivity index (χ0) is 33.9. The predicted molar refractivity (Wildman–Crippen MR) is 177 cm³/mol. The quantitative estimate of drug-likeness (QED) is 0.0714. The molecule has 1 unspecified atom stereocenters. The first kappa shape index (κ1) is 35.0. The summed E-state index contributed by atoms with van der Waals surface area (Å²) >= 11 is 6.48. The highest BCUT2D eigenvalue weighted by Gasteiger charge is 2.39. The Bertz CT molecular complexity index is 1750. The molecule has 0 radical (unpaired) electrons. The number of nitrogens with one attached hydrogen (secondary N) is 2. The maximum absolute atomic E-state index is 13.9. The second-order valence-corrected chi connectivity index (χ2v) is 11.5. The molecule has 3 N–H and O–H groups in total. The van der Waals surface area contributed by atoms with Crippen molar-refractivity contribution in [3.05, 3.63) is 92.7 Å². The van der Waals surface area contributed by atoms with Crippen LogP contribution >= 0.6 is 11.6 Å². The van der Waals surface area contributed by atoms with Gasteiger partial charge in [-0.05, 0) is 44.0 Å². The van der Waals surface area contributed by atoms with Crippen molar-refractivity contribution >= 4 is 34.9 Å². The number of Topliss-reactive ketones (excluding diaryl/α,β-unsaturated/α-hetero) is 1. The molecule has 4 rings (SSSR count). The standard InChI is InChI=1S/C34H40ClN5O7/c1-4-6-7-8-9-13-18-36-30(42)24-16-17-26(25(35)19-24)38-31(43)27(28(41)29-22(3)20-37-47-29)40-32(44)33(46-5-2)39(34(40)45)21-23-14-11-10-12-15-23/h10-12,14-17,19-20,27,44H,4-9,13,18,21H2,1-3H3,(H,36,42)(H,38,43). The molecule has 0 aliphatic heterocycles. The topological polar surface area (TPSA) is 158 Å². The largest absolute Gasteiger partial charge is 0.491 e. The molecular formula is C34H40ClN5O7. The number of carbonyl (C=O) groups excluding carboxylic acids is 3. The molecule has 2 amide bonds. The number of benzene rings is 2. The lowest BCUT2D eigenvalue weighted by atomic mass is 10.1. The minimum absolute atomic E-state index is 0.00631. The molecule has 2 heterocycles. The van der Waals surface area contributed by atoms with E-state index >= 15 is 0 Å². The summed E-state index contributed by atoms with van der Waals surface area (Å²) in [6, 6.07) is 11.3. The smallest absolute Gasteiger partial charge is 0.335 e. The van der Waals surface area contributed by atoms with Gasteiger partial charge in [0.15, 0.2) is 6.04 Å². The van der Waals surface area contributed by atoms with E-state index in [0.29, 0.717) is 22.2 Å². The molecule has 0 fully saturated rings. The summed E-state index contributed by atoms with van der Waals surface area (Å²) in [5.41, 5.74) is 0.538. The first-order valence-electron chi connectivity index (χ1n) is 15.7. The Hall–Kier alpha value is -4.84. The van der Waals surface area contributed by atoms with E-state index in [-0.39, 0.29) is 47.0 Å². The van der Waals surface area contributed by atoms with Gasteiger partial charge in [0.05, 0.1) is 30.1 Å². The van der Waals surface area contributed by atoms with Gasteiger partial charge in [-0.3, -0.25) is 19.0 Å². The van der Waals surface area contributed by atoms with Crippen molar-refractivity contribution in [2.75, 3.05) is 18.5 Å². The maximum Gasteiger partial charge on any atom is 0.335 e. The van der Waals surface area contributed by atoms with Crippen LogP contribution in [0.1, 0.15) is 90.5 Å². The average Bonchev–Trinajstić information content (AvgIpc) is 3.59. The summed E-state index contributed by atoms with van der Waals surface area (Å²) in [6.07, 6.45) is 7.86. The van der Waals surface area contributed by atoms with Crippen molar-refractivity contribution in [1.82, 2.24) is 19.6 Å². The van der Waals surface area contributed by atoms with E-state index in [1.54, 1.807) is 38.1 Å². The van der Waals surface area contributed by atoms with Crippen molar-refractivity contribution in [3.63, 3.8) is 0 Å². The van der Waals surface area contributed by atoms with E-state index < -0.39 is 29.3 Å². The number of hydrogen-bond acceptors (Lipinski definition) is 8. The second-order valence-electron chi connectivity index (χ2n) is 11.1. The van der Waals surface area contributed by atoms with Crippen molar-refractivity contribution in [2.45, 2.75) is 71.9 Å². The minimum atomic E-state index is -1.94. The van der Waals surface area contributed by atoms with Gasteiger partial charge < -0.3 is 25.0 Å². The van der Waals surface area contributed by atoms with Crippen LogP contribution in [-0.4, -0.2) is 50.1 Å². The molecular weight excluding hydrogens is 626 g/mol. The van der Waals surface area contributed by atoms with Crippen LogP contribution in [0, 0.1) is 6.92 Å². The number of imidazole rings is 1. The van der Waals surface area contributed by atoms with Gasteiger partial charge in [-0.2, -0.15) is 0 Å². The molecule has 0 saturated carbocycles. The van der Waals surface area contributed by atoms with E-state index in [0.717, 1.165) is 23.8 Å². The lowest BCUT2D eigenvalue weighted by Crippen LogP contribution is -2.39. The zero-order valence-corrected chi connectivity index (χ0v) is 27.5. The fraction of sp³-hybridized carbons (Fsp3) is 0.382. The molecule has 250 valence electrons. The predicted octanol–water partition coefficient (Wildman–Crippen LogP) is 5.91. The normalized spacial score (nSPS) is 11.7. The lowest BCUT2D eigenvalue weighted by molar-refractivity contribution is -0.118. The van der Waals surface area contributed by atoms with Crippen molar-refractivity contribution in [2.24, 2.45) is 0 Å². The van der Waals surface area contributed by atoms with Crippen LogP contribution in [0.3, 0.4) is 0 Å². The number of halogens is 1. The van der Waals surface area contributed by atoms with Gasteiger partial charge in [-0.15, -0.1) is 0 Å². The molecule has 2 aromatic heterocycles. The number of aromatic hydroxyl groups is 1. The Morgan fingerprint density at radius 3 is 2.43 bits per heavy atom.